The average Bonchev–Trinajstić information content (AvgIpc) is 3.42. The molecule has 2 aromatic carbocycles. The van der Waals surface area contributed by atoms with E-state index in [0.717, 1.165) is 35.6 Å². The first-order chi connectivity index (χ1) is 14.7. The van der Waals surface area contributed by atoms with Crippen molar-refractivity contribution < 1.29 is 14.6 Å². The minimum atomic E-state index is -0.568. The van der Waals surface area contributed by atoms with Crippen LogP contribution < -0.4 is 5.32 Å². The van der Waals surface area contributed by atoms with Crippen molar-refractivity contribution in [2.45, 2.75) is 31.0 Å². The molecule has 30 heavy (non-hydrogen) atoms. The van der Waals surface area contributed by atoms with E-state index in [4.69, 9.17) is 21.1 Å². The Kier molecular flexibility index (Phi) is 7.42. The second kappa shape index (κ2) is 10.4. The molecule has 6 heteroatoms. The molecule has 0 aliphatic carbocycles. The minimum absolute atomic E-state index is 0.0647. The molecule has 3 N–H and O–H groups in total. The van der Waals surface area contributed by atoms with E-state index in [-0.39, 0.29) is 12.0 Å². The summed E-state index contributed by atoms with van der Waals surface area (Å²) >= 11 is 6.54. The molecule has 3 aromatic rings. The molecule has 160 valence electrons. The standard InChI is InChI=1S/C24H29ClN2O3/c25-23-9-3-1-7-19(23)21(22-14-27-24-10-4-2-8-20(22)24)13-26-12-17(28)15-29-16-18-6-5-11-30-18/h1-4,7-10,14,17-18,21,26-28H,5-6,11-13,15-16H2/t17-,18-,21-/m1/s1. The van der Waals surface area contributed by atoms with Gasteiger partial charge in [-0.1, -0.05) is 48.0 Å². The van der Waals surface area contributed by atoms with E-state index in [1.165, 1.54) is 10.9 Å². The zero-order valence-corrected chi connectivity index (χ0v) is 17.8. The first kappa shape index (κ1) is 21.3. The third-order valence-electron chi connectivity index (χ3n) is 5.64. The summed E-state index contributed by atoms with van der Waals surface area (Å²) in [5, 5.41) is 15.6. The Hall–Kier alpha value is -1.89. The van der Waals surface area contributed by atoms with Crippen molar-refractivity contribution in [1.29, 1.82) is 0 Å². The van der Waals surface area contributed by atoms with Crippen molar-refractivity contribution in [2.24, 2.45) is 0 Å². The molecule has 1 aliphatic rings. The molecule has 4 rings (SSSR count). The number of benzene rings is 2. The van der Waals surface area contributed by atoms with E-state index in [0.29, 0.717) is 26.3 Å². The van der Waals surface area contributed by atoms with Gasteiger partial charge in [0, 0.05) is 47.7 Å². The quantitative estimate of drug-likeness (QED) is 0.455. The van der Waals surface area contributed by atoms with Crippen LogP contribution in [0.3, 0.4) is 0 Å². The Morgan fingerprint density at radius 1 is 1.13 bits per heavy atom. The first-order valence-electron chi connectivity index (χ1n) is 10.6. The maximum absolute atomic E-state index is 10.3. The van der Waals surface area contributed by atoms with Gasteiger partial charge in [-0.15, -0.1) is 0 Å². The van der Waals surface area contributed by atoms with E-state index in [1.54, 1.807) is 0 Å². The lowest BCUT2D eigenvalue weighted by atomic mass is 9.90. The van der Waals surface area contributed by atoms with Gasteiger partial charge in [0.1, 0.15) is 0 Å². The van der Waals surface area contributed by atoms with Crippen molar-refractivity contribution >= 4 is 22.5 Å². The Balaban J connectivity index is 1.39. The van der Waals surface area contributed by atoms with Gasteiger partial charge >= 0.3 is 0 Å². The molecule has 0 unspecified atom stereocenters. The smallest absolute Gasteiger partial charge is 0.0897 e. The molecule has 0 bridgehead atoms. The van der Waals surface area contributed by atoms with Crippen LogP contribution in [0, 0.1) is 0 Å². The lowest BCUT2D eigenvalue weighted by Gasteiger charge is -2.21. The van der Waals surface area contributed by atoms with E-state index in [1.807, 2.05) is 30.3 Å². The summed E-state index contributed by atoms with van der Waals surface area (Å²) in [6.07, 6.45) is 3.80. The van der Waals surface area contributed by atoms with Crippen molar-refractivity contribution in [3.05, 3.63) is 70.9 Å². The average molecular weight is 429 g/mol. The number of aliphatic hydroxyl groups excluding tert-OH is 1. The number of aliphatic hydroxyl groups is 1. The second-order valence-electron chi connectivity index (χ2n) is 7.85. The monoisotopic (exact) mass is 428 g/mol. The van der Waals surface area contributed by atoms with E-state index >= 15 is 0 Å². The number of para-hydroxylation sites is 1. The van der Waals surface area contributed by atoms with Gasteiger partial charge in [-0.3, -0.25) is 0 Å². The van der Waals surface area contributed by atoms with Crippen LogP contribution in [0.1, 0.15) is 29.9 Å². The molecule has 3 atom stereocenters. The zero-order valence-electron chi connectivity index (χ0n) is 17.0. The van der Waals surface area contributed by atoms with Gasteiger partial charge in [-0.05, 0) is 36.1 Å². The maximum atomic E-state index is 10.3. The summed E-state index contributed by atoms with van der Waals surface area (Å²) in [6, 6.07) is 16.2. The number of fused-ring (bicyclic) bond motifs is 1. The van der Waals surface area contributed by atoms with Crippen LogP contribution in [0.15, 0.2) is 54.7 Å². The van der Waals surface area contributed by atoms with Gasteiger partial charge < -0.3 is 24.9 Å². The number of H-pyrrole nitrogens is 1. The molecule has 5 nitrogen and oxygen atoms in total. The fourth-order valence-corrected chi connectivity index (χ4v) is 4.36. The second-order valence-corrected chi connectivity index (χ2v) is 8.26. The van der Waals surface area contributed by atoms with Gasteiger partial charge in [0.15, 0.2) is 0 Å². The van der Waals surface area contributed by atoms with Crippen molar-refractivity contribution in [2.75, 3.05) is 32.9 Å². The highest BCUT2D eigenvalue weighted by Gasteiger charge is 2.21. The maximum Gasteiger partial charge on any atom is 0.0897 e. The third-order valence-corrected chi connectivity index (χ3v) is 5.99. The number of ether oxygens (including phenoxy) is 2. The largest absolute Gasteiger partial charge is 0.389 e. The predicted molar refractivity (Wildman–Crippen MR) is 120 cm³/mol. The van der Waals surface area contributed by atoms with Gasteiger partial charge in [-0.25, -0.2) is 0 Å². The van der Waals surface area contributed by atoms with Crippen LogP contribution in [0.4, 0.5) is 0 Å². The van der Waals surface area contributed by atoms with Crippen LogP contribution in [-0.2, 0) is 9.47 Å². The number of hydrogen-bond donors (Lipinski definition) is 3. The number of aromatic nitrogens is 1. The molecule has 0 radical (unpaired) electrons. The number of rotatable bonds is 10. The number of hydrogen-bond acceptors (Lipinski definition) is 4. The molecular formula is C24H29ClN2O3. The summed E-state index contributed by atoms with van der Waals surface area (Å²) in [5.74, 6) is 0.0647. The lowest BCUT2D eigenvalue weighted by molar-refractivity contribution is -0.0164. The first-order valence-corrected chi connectivity index (χ1v) is 11.0. The zero-order chi connectivity index (χ0) is 20.8. The molecule has 1 fully saturated rings. The summed E-state index contributed by atoms with van der Waals surface area (Å²) in [7, 11) is 0. The summed E-state index contributed by atoms with van der Waals surface area (Å²) < 4.78 is 11.2. The van der Waals surface area contributed by atoms with E-state index < -0.39 is 6.10 Å². The summed E-state index contributed by atoms with van der Waals surface area (Å²) in [6.45, 7) is 2.78. The number of aromatic amines is 1. The SMILES string of the molecule is O[C@H](CNC[C@H](c1ccccc1Cl)c1c[nH]c2ccccc12)COC[C@H]1CCCO1. The normalized spacial score (nSPS) is 18.7. The molecule has 1 saturated heterocycles. The topological polar surface area (TPSA) is 66.5 Å². The minimum Gasteiger partial charge on any atom is -0.389 e. The third kappa shape index (κ3) is 5.23. The van der Waals surface area contributed by atoms with Gasteiger partial charge in [-0.2, -0.15) is 0 Å². The van der Waals surface area contributed by atoms with Crippen LogP contribution in [-0.4, -0.2) is 55.2 Å². The van der Waals surface area contributed by atoms with Crippen LogP contribution in [0.25, 0.3) is 10.9 Å². The molecule has 0 spiro atoms. The fourth-order valence-electron chi connectivity index (χ4n) is 4.09. The van der Waals surface area contributed by atoms with E-state index in [2.05, 4.69) is 34.7 Å². The molecule has 0 saturated carbocycles. The van der Waals surface area contributed by atoms with Gasteiger partial charge in [0.2, 0.25) is 0 Å². The van der Waals surface area contributed by atoms with E-state index in [9.17, 15) is 5.11 Å². The van der Waals surface area contributed by atoms with Crippen LogP contribution in [0.2, 0.25) is 5.02 Å². The van der Waals surface area contributed by atoms with Crippen molar-refractivity contribution in [1.82, 2.24) is 10.3 Å². The van der Waals surface area contributed by atoms with Crippen LogP contribution >= 0.6 is 11.6 Å². The number of halogens is 1. The molecular weight excluding hydrogens is 400 g/mol. The van der Waals surface area contributed by atoms with Crippen LogP contribution in [0.5, 0.6) is 0 Å². The summed E-state index contributed by atoms with van der Waals surface area (Å²) in [4.78, 5) is 3.36. The fraction of sp³-hybridized carbons (Fsp3) is 0.417. The number of nitrogens with one attached hydrogen (secondary N) is 2. The Morgan fingerprint density at radius 2 is 1.97 bits per heavy atom. The van der Waals surface area contributed by atoms with Crippen molar-refractivity contribution in [3.8, 4) is 0 Å². The highest BCUT2D eigenvalue weighted by atomic mass is 35.5. The Bertz CT molecular complexity index is 939. The highest BCUT2D eigenvalue weighted by Crippen LogP contribution is 2.34. The predicted octanol–water partition coefficient (Wildman–Crippen LogP) is 4.10. The summed E-state index contributed by atoms with van der Waals surface area (Å²) in [5.41, 5.74) is 3.36. The lowest BCUT2D eigenvalue weighted by Crippen LogP contribution is -2.34. The Labute approximate surface area is 182 Å². The molecule has 1 aromatic heterocycles. The molecule has 2 heterocycles. The molecule has 1 aliphatic heterocycles. The van der Waals surface area contributed by atoms with Gasteiger partial charge in [0.25, 0.3) is 0 Å². The Morgan fingerprint density at radius 3 is 2.80 bits per heavy atom. The van der Waals surface area contributed by atoms with Gasteiger partial charge in [0.05, 0.1) is 25.4 Å². The molecule has 0 amide bonds. The van der Waals surface area contributed by atoms with Crippen molar-refractivity contribution in [3.63, 3.8) is 0 Å². The highest BCUT2D eigenvalue weighted by molar-refractivity contribution is 6.31.